The van der Waals surface area contributed by atoms with Crippen molar-refractivity contribution in [3.05, 3.63) is 0 Å². The Bertz CT molecular complexity index is 47.6. The Morgan fingerprint density at radius 2 is 1.42 bits per heavy atom. The molecular formula is C8H21Cl3Sn. The van der Waals surface area contributed by atoms with Crippen LogP contribution in [0.5, 0.6) is 0 Å². The van der Waals surface area contributed by atoms with Crippen LogP contribution >= 0.6 is 37.2 Å². The van der Waals surface area contributed by atoms with Gasteiger partial charge in [0, 0.05) is 0 Å². The van der Waals surface area contributed by atoms with Crippen molar-refractivity contribution < 1.29 is 0 Å². The summed E-state index contributed by atoms with van der Waals surface area (Å²) in [6.45, 7) is 4.62. The average Bonchev–Trinajstić information content (AvgIpc) is 1.89. The van der Waals surface area contributed by atoms with Gasteiger partial charge in [-0.2, -0.15) is 0 Å². The molecule has 0 rings (SSSR count). The van der Waals surface area contributed by atoms with Gasteiger partial charge < -0.3 is 0 Å². The number of halogens is 3. The van der Waals surface area contributed by atoms with E-state index >= 15 is 0 Å². The van der Waals surface area contributed by atoms with Crippen LogP contribution < -0.4 is 0 Å². The minimum atomic E-state index is 0. The van der Waals surface area contributed by atoms with Gasteiger partial charge in [-0.15, -0.1) is 37.2 Å². The predicted molar refractivity (Wildman–Crippen MR) is 66.9 cm³/mol. The number of hydrogen-bond acceptors (Lipinski definition) is 0. The molecule has 0 aliphatic carbocycles. The van der Waals surface area contributed by atoms with Gasteiger partial charge in [-0.1, -0.05) is 0 Å². The van der Waals surface area contributed by atoms with Gasteiger partial charge >= 0.3 is 69.5 Å². The summed E-state index contributed by atoms with van der Waals surface area (Å²) in [5, 5.41) is 0. The Balaban J connectivity index is -0.000000107. The first kappa shape index (κ1) is 23.5. The van der Waals surface area contributed by atoms with Crippen molar-refractivity contribution in [1.82, 2.24) is 0 Å². The molecule has 0 heterocycles. The zero-order valence-electron chi connectivity index (χ0n) is 7.97. The first-order valence-electron chi connectivity index (χ1n) is 4.12. The fourth-order valence-electron chi connectivity index (χ4n) is 0.854. The van der Waals surface area contributed by atoms with Crippen LogP contribution in [0.2, 0.25) is 8.87 Å². The van der Waals surface area contributed by atoms with Gasteiger partial charge in [-0.25, -0.2) is 0 Å². The quantitative estimate of drug-likeness (QED) is 0.496. The molecule has 0 aliphatic heterocycles. The molecule has 4 heteroatoms. The topological polar surface area (TPSA) is 0 Å². The summed E-state index contributed by atoms with van der Waals surface area (Å²) >= 11 is 0.161. The third-order valence-electron chi connectivity index (χ3n) is 1.46. The van der Waals surface area contributed by atoms with Gasteiger partial charge in [0.25, 0.3) is 0 Å². The number of unbranched alkanes of at least 4 members (excludes halogenated alkanes) is 3. The summed E-state index contributed by atoms with van der Waals surface area (Å²) in [7, 11) is 0. The summed E-state index contributed by atoms with van der Waals surface area (Å²) < 4.78 is 3.16. The Morgan fingerprint density at radius 3 is 1.83 bits per heavy atom. The van der Waals surface area contributed by atoms with Crippen molar-refractivity contribution in [3.63, 3.8) is 0 Å². The largest absolute Gasteiger partial charge is 0.147 e. The van der Waals surface area contributed by atoms with Gasteiger partial charge in [-0.05, 0) is 0 Å². The zero-order valence-corrected chi connectivity index (χ0v) is 13.3. The van der Waals surface area contributed by atoms with E-state index in [2.05, 4.69) is 13.8 Å². The summed E-state index contributed by atoms with van der Waals surface area (Å²) in [5.74, 6) is 0. The first-order chi connectivity index (χ1) is 4.41. The van der Waals surface area contributed by atoms with Crippen molar-refractivity contribution >= 4 is 58.4 Å². The zero-order chi connectivity index (χ0) is 6.95. The molecule has 0 bridgehead atoms. The fourth-order valence-corrected chi connectivity index (χ4v) is 3.29. The molecule has 0 atom stereocenters. The standard InChI is InChI=1S/C6H13.C2H5.3ClH.Sn/c1-3-5-6-4-2;1-2;;;;/h1,3-6H2,2H3;1H2,2H3;3*1H;. The Kier molecular flexibility index (Phi) is 44.9. The van der Waals surface area contributed by atoms with Crippen LogP contribution in [-0.4, -0.2) is 21.1 Å². The molecule has 0 aromatic heterocycles. The van der Waals surface area contributed by atoms with Crippen molar-refractivity contribution in [2.24, 2.45) is 0 Å². The van der Waals surface area contributed by atoms with Gasteiger partial charge in [0.2, 0.25) is 0 Å². The molecule has 0 fully saturated rings. The Morgan fingerprint density at radius 1 is 0.833 bits per heavy atom. The van der Waals surface area contributed by atoms with E-state index in [0.717, 1.165) is 0 Å². The van der Waals surface area contributed by atoms with Crippen molar-refractivity contribution in [1.29, 1.82) is 0 Å². The molecule has 0 saturated carbocycles. The Hall–Kier alpha value is 1.67. The molecule has 0 spiro atoms. The molecule has 78 valence electrons. The molecule has 0 aromatic carbocycles. The summed E-state index contributed by atoms with van der Waals surface area (Å²) in [4.78, 5) is 0. The first-order valence-corrected chi connectivity index (χ1v) is 8.16. The van der Waals surface area contributed by atoms with E-state index in [1.807, 2.05) is 0 Å². The monoisotopic (exact) mass is 342 g/mol. The van der Waals surface area contributed by atoms with Crippen LogP contribution in [0.1, 0.15) is 39.5 Å². The van der Waals surface area contributed by atoms with Crippen molar-refractivity contribution in [2.75, 3.05) is 0 Å². The van der Waals surface area contributed by atoms with Gasteiger partial charge in [0.15, 0.2) is 0 Å². The van der Waals surface area contributed by atoms with E-state index in [4.69, 9.17) is 0 Å². The van der Waals surface area contributed by atoms with Gasteiger partial charge in [0.1, 0.15) is 0 Å². The average molecular weight is 342 g/mol. The minimum absolute atomic E-state index is 0. The molecule has 0 unspecified atom stereocenters. The van der Waals surface area contributed by atoms with E-state index in [1.54, 1.807) is 4.44 Å². The van der Waals surface area contributed by atoms with Crippen molar-refractivity contribution in [2.45, 2.75) is 48.4 Å². The molecule has 0 aromatic rings. The van der Waals surface area contributed by atoms with E-state index in [1.165, 1.54) is 30.1 Å². The van der Waals surface area contributed by atoms with Crippen LogP contribution in [0, 0.1) is 0 Å². The third-order valence-corrected chi connectivity index (χ3v) is 4.90. The summed E-state index contributed by atoms with van der Waals surface area (Å²) in [6.07, 6.45) is 5.88. The number of rotatable bonds is 6. The van der Waals surface area contributed by atoms with E-state index < -0.39 is 0 Å². The van der Waals surface area contributed by atoms with Crippen LogP contribution in [0.3, 0.4) is 0 Å². The third kappa shape index (κ3) is 22.6. The van der Waals surface area contributed by atoms with E-state index in [-0.39, 0.29) is 58.4 Å². The summed E-state index contributed by atoms with van der Waals surface area (Å²) in [6, 6.07) is 0. The molecule has 0 aliphatic rings. The van der Waals surface area contributed by atoms with Crippen LogP contribution in [0.4, 0.5) is 0 Å². The molecule has 0 N–H and O–H groups in total. The maximum atomic E-state index is 2.34. The SMILES string of the molecule is CCCCC[CH2][Sn][CH2]C.Cl.Cl.Cl. The smallest absolute Gasteiger partial charge is 0.147 e. The Labute approximate surface area is 106 Å². The molecular weight excluding hydrogens is 321 g/mol. The molecule has 0 amide bonds. The van der Waals surface area contributed by atoms with E-state index in [0.29, 0.717) is 0 Å². The normalized spacial score (nSPS) is 7.50. The second-order valence-corrected chi connectivity index (χ2v) is 7.29. The number of hydrogen-bond donors (Lipinski definition) is 0. The second kappa shape index (κ2) is 23.0. The van der Waals surface area contributed by atoms with Crippen molar-refractivity contribution in [3.8, 4) is 0 Å². The molecule has 0 saturated heterocycles. The maximum Gasteiger partial charge on any atom is -0.147 e. The minimum Gasteiger partial charge on any atom is -0.147 e. The fraction of sp³-hybridized carbons (Fsp3) is 1.00. The maximum absolute atomic E-state index is 2.34. The molecule has 0 nitrogen and oxygen atoms in total. The molecule has 12 heavy (non-hydrogen) atoms. The van der Waals surface area contributed by atoms with E-state index in [9.17, 15) is 0 Å². The second-order valence-electron chi connectivity index (χ2n) is 2.41. The molecule has 2 radical (unpaired) electrons. The van der Waals surface area contributed by atoms with Crippen LogP contribution in [-0.2, 0) is 0 Å². The summed E-state index contributed by atoms with van der Waals surface area (Å²) in [5.41, 5.74) is 0. The van der Waals surface area contributed by atoms with Gasteiger partial charge in [-0.3, -0.25) is 0 Å². The van der Waals surface area contributed by atoms with Crippen LogP contribution in [0.15, 0.2) is 0 Å². The van der Waals surface area contributed by atoms with Gasteiger partial charge in [0.05, 0.1) is 0 Å². The van der Waals surface area contributed by atoms with Crippen LogP contribution in [0.25, 0.3) is 0 Å². The predicted octanol–water partition coefficient (Wildman–Crippen LogP) is 4.39.